The van der Waals surface area contributed by atoms with Gasteiger partial charge in [0.2, 0.25) is 0 Å². The standard InChI is InChI=1S/C12H21N5/c1-5-17(8-6-7-13)12-10(14)11(9(2)3)15-16(12)4/h9H,5-6,8,14H2,1-4H3. The molecule has 0 aliphatic rings. The van der Waals surface area contributed by atoms with Gasteiger partial charge in [-0.3, -0.25) is 4.68 Å². The number of rotatable bonds is 5. The predicted molar refractivity (Wildman–Crippen MR) is 69.8 cm³/mol. The normalized spacial score (nSPS) is 10.6. The van der Waals surface area contributed by atoms with Gasteiger partial charge in [0, 0.05) is 20.1 Å². The first-order chi connectivity index (χ1) is 8.02. The van der Waals surface area contributed by atoms with Crippen LogP contribution in [0.2, 0.25) is 0 Å². The molecule has 0 unspecified atom stereocenters. The number of hydrogen-bond acceptors (Lipinski definition) is 4. The Bertz CT molecular complexity index is 413. The highest BCUT2D eigenvalue weighted by Gasteiger charge is 2.19. The van der Waals surface area contributed by atoms with E-state index in [2.05, 4.69) is 36.8 Å². The van der Waals surface area contributed by atoms with Crippen LogP contribution in [0, 0.1) is 11.3 Å². The van der Waals surface area contributed by atoms with Crippen LogP contribution in [0.25, 0.3) is 0 Å². The summed E-state index contributed by atoms with van der Waals surface area (Å²) in [6.07, 6.45) is 0.496. The Labute approximate surface area is 103 Å². The van der Waals surface area contributed by atoms with Gasteiger partial charge in [0.25, 0.3) is 0 Å². The van der Waals surface area contributed by atoms with Gasteiger partial charge in [-0.05, 0) is 12.8 Å². The van der Waals surface area contributed by atoms with Gasteiger partial charge < -0.3 is 10.6 Å². The number of aromatic nitrogens is 2. The van der Waals surface area contributed by atoms with E-state index in [1.165, 1.54) is 0 Å². The Balaban J connectivity index is 3.07. The van der Waals surface area contributed by atoms with E-state index in [9.17, 15) is 0 Å². The molecular formula is C12H21N5. The van der Waals surface area contributed by atoms with Gasteiger partial charge in [-0.25, -0.2) is 0 Å². The highest BCUT2D eigenvalue weighted by molar-refractivity contribution is 5.67. The summed E-state index contributed by atoms with van der Waals surface area (Å²) in [6, 6.07) is 2.16. The van der Waals surface area contributed by atoms with Crippen LogP contribution in [0.3, 0.4) is 0 Å². The molecule has 0 aromatic carbocycles. The molecule has 0 aliphatic carbocycles. The maximum Gasteiger partial charge on any atom is 0.150 e. The van der Waals surface area contributed by atoms with E-state index < -0.39 is 0 Å². The van der Waals surface area contributed by atoms with Gasteiger partial charge >= 0.3 is 0 Å². The average molecular weight is 235 g/mol. The van der Waals surface area contributed by atoms with Gasteiger partial charge in [-0.15, -0.1) is 0 Å². The SMILES string of the molecule is CCN(CCC#N)c1c(N)c(C(C)C)nn1C. The lowest BCUT2D eigenvalue weighted by atomic mass is 10.1. The highest BCUT2D eigenvalue weighted by atomic mass is 15.4. The van der Waals surface area contributed by atoms with Crippen LogP contribution < -0.4 is 10.6 Å². The second kappa shape index (κ2) is 5.58. The minimum absolute atomic E-state index is 0.310. The van der Waals surface area contributed by atoms with Gasteiger partial charge in [-0.1, -0.05) is 13.8 Å². The van der Waals surface area contributed by atoms with Gasteiger partial charge in [0.1, 0.15) is 5.82 Å². The minimum Gasteiger partial charge on any atom is -0.394 e. The fraction of sp³-hybridized carbons (Fsp3) is 0.667. The first-order valence-corrected chi connectivity index (χ1v) is 5.97. The Morgan fingerprint density at radius 3 is 2.59 bits per heavy atom. The molecule has 0 fully saturated rings. The lowest BCUT2D eigenvalue weighted by Crippen LogP contribution is -2.26. The third-order valence-corrected chi connectivity index (χ3v) is 2.80. The van der Waals surface area contributed by atoms with E-state index >= 15 is 0 Å². The van der Waals surface area contributed by atoms with E-state index in [1.807, 2.05) is 11.7 Å². The Kier molecular flexibility index (Phi) is 4.38. The summed E-state index contributed by atoms with van der Waals surface area (Å²) in [6.45, 7) is 7.72. The molecular weight excluding hydrogens is 214 g/mol. The summed E-state index contributed by atoms with van der Waals surface area (Å²) in [5.41, 5.74) is 7.81. The molecule has 0 bridgehead atoms. The van der Waals surface area contributed by atoms with Gasteiger partial charge in [-0.2, -0.15) is 10.4 Å². The fourth-order valence-corrected chi connectivity index (χ4v) is 1.95. The zero-order valence-electron chi connectivity index (χ0n) is 11.1. The zero-order chi connectivity index (χ0) is 13.0. The van der Waals surface area contributed by atoms with E-state index in [-0.39, 0.29) is 0 Å². The molecule has 1 heterocycles. The maximum absolute atomic E-state index is 8.66. The molecule has 1 rings (SSSR count). The molecule has 94 valence electrons. The van der Waals surface area contributed by atoms with Crippen LogP contribution in [0.15, 0.2) is 0 Å². The number of nitrogens with zero attached hydrogens (tertiary/aromatic N) is 4. The number of nitrogen functional groups attached to an aromatic ring is 1. The van der Waals surface area contributed by atoms with Crippen molar-refractivity contribution in [3.63, 3.8) is 0 Å². The predicted octanol–water partition coefficient (Wildman–Crippen LogP) is 1.87. The number of nitrogens with two attached hydrogens (primary N) is 1. The Morgan fingerprint density at radius 2 is 2.18 bits per heavy atom. The minimum atomic E-state index is 0.310. The second-order valence-corrected chi connectivity index (χ2v) is 4.39. The lowest BCUT2D eigenvalue weighted by Gasteiger charge is -2.22. The maximum atomic E-state index is 8.66. The Hall–Kier alpha value is -1.70. The fourth-order valence-electron chi connectivity index (χ4n) is 1.95. The largest absolute Gasteiger partial charge is 0.394 e. The van der Waals surface area contributed by atoms with Crippen LogP contribution in [-0.2, 0) is 7.05 Å². The molecule has 1 aromatic rings. The molecule has 5 nitrogen and oxygen atoms in total. The lowest BCUT2D eigenvalue weighted by molar-refractivity contribution is 0.687. The highest BCUT2D eigenvalue weighted by Crippen LogP contribution is 2.30. The molecule has 0 atom stereocenters. The van der Waals surface area contributed by atoms with E-state index in [0.29, 0.717) is 18.9 Å². The molecule has 0 spiro atoms. The monoisotopic (exact) mass is 235 g/mol. The summed E-state index contributed by atoms with van der Waals surface area (Å²) < 4.78 is 1.81. The van der Waals surface area contributed by atoms with Crippen LogP contribution in [0.4, 0.5) is 11.5 Å². The van der Waals surface area contributed by atoms with Crippen molar-refractivity contribution in [3.05, 3.63) is 5.69 Å². The van der Waals surface area contributed by atoms with Crippen molar-refractivity contribution < 1.29 is 0 Å². The Morgan fingerprint density at radius 1 is 1.53 bits per heavy atom. The van der Waals surface area contributed by atoms with Crippen molar-refractivity contribution >= 4 is 11.5 Å². The molecule has 0 amide bonds. The summed E-state index contributed by atoms with van der Waals surface area (Å²) in [4.78, 5) is 2.09. The van der Waals surface area contributed by atoms with Crippen molar-refractivity contribution in [2.45, 2.75) is 33.1 Å². The third-order valence-electron chi connectivity index (χ3n) is 2.80. The summed E-state index contributed by atoms with van der Waals surface area (Å²) >= 11 is 0. The van der Waals surface area contributed by atoms with Crippen molar-refractivity contribution in [1.82, 2.24) is 9.78 Å². The van der Waals surface area contributed by atoms with E-state index in [4.69, 9.17) is 11.0 Å². The van der Waals surface area contributed by atoms with Gasteiger partial charge in [0.05, 0.1) is 23.9 Å². The quantitative estimate of drug-likeness (QED) is 0.845. The number of hydrogen-bond donors (Lipinski definition) is 1. The number of nitriles is 1. The molecule has 0 radical (unpaired) electrons. The molecule has 0 aliphatic heterocycles. The first kappa shape index (κ1) is 13.4. The van der Waals surface area contributed by atoms with Crippen LogP contribution in [0.5, 0.6) is 0 Å². The smallest absolute Gasteiger partial charge is 0.150 e. The van der Waals surface area contributed by atoms with Crippen LogP contribution >= 0.6 is 0 Å². The topological polar surface area (TPSA) is 70.9 Å². The van der Waals surface area contributed by atoms with Crippen molar-refractivity contribution in [2.24, 2.45) is 7.05 Å². The van der Waals surface area contributed by atoms with Crippen LogP contribution in [-0.4, -0.2) is 22.9 Å². The summed E-state index contributed by atoms with van der Waals surface area (Å²) in [7, 11) is 1.90. The third kappa shape index (κ3) is 2.70. The molecule has 2 N–H and O–H groups in total. The second-order valence-electron chi connectivity index (χ2n) is 4.39. The zero-order valence-corrected chi connectivity index (χ0v) is 11.1. The molecule has 17 heavy (non-hydrogen) atoms. The average Bonchev–Trinajstić information content (AvgIpc) is 2.57. The first-order valence-electron chi connectivity index (χ1n) is 5.97. The molecule has 0 saturated heterocycles. The van der Waals surface area contributed by atoms with Crippen molar-refractivity contribution in [3.8, 4) is 6.07 Å². The van der Waals surface area contributed by atoms with E-state index in [1.54, 1.807) is 0 Å². The molecule has 5 heteroatoms. The van der Waals surface area contributed by atoms with E-state index in [0.717, 1.165) is 23.7 Å². The number of aryl methyl sites for hydroxylation is 1. The van der Waals surface area contributed by atoms with Gasteiger partial charge in [0.15, 0.2) is 0 Å². The molecule has 1 aromatic heterocycles. The van der Waals surface area contributed by atoms with Crippen molar-refractivity contribution in [1.29, 1.82) is 5.26 Å². The van der Waals surface area contributed by atoms with Crippen LogP contribution in [0.1, 0.15) is 38.8 Å². The summed E-state index contributed by atoms with van der Waals surface area (Å²) in [5.74, 6) is 1.23. The molecule has 0 saturated carbocycles. The number of anilines is 2. The van der Waals surface area contributed by atoms with Crippen molar-refractivity contribution in [2.75, 3.05) is 23.7 Å². The summed E-state index contributed by atoms with van der Waals surface area (Å²) in [5, 5.41) is 13.1.